The van der Waals surface area contributed by atoms with Gasteiger partial charge in [0, 0.05) is 12.8 Å². The average molecular weight is 236 g/mol. The summed E-state index contributed by atoms with van der Waals surface area (Å²) in [5.74, 6) is 5.96. The van der Waals surface area contributed by atoms with Crippen molar-refractivity contribution in [3.8, 4) is 0 Å². The van der Waals surface area contributed by atoms with E-state index in [4.69, 9.17) is 10.6 Å². The Morgan fingerprint density at radius 2 is 2.18 bits per heavy atom. The van der Waals surface area contributed by atoms with Crippen LogP contribution in [0.25, 0.3) is 0 Å². The van der Waals surface area contributed by atoms with Gasteiger partial charge in [0.05, 0.1) is 12.6 Å². The molecule has 0 aliphatic heterocycles. The summed E-state index contributed by atoms with van der Waals surface area (Å²) >= 11 is 0. The fourth-order valence-corrected chi connectivity index (χ4v) is 1.45. The molecule has 0 heterocycles. The molecule has 0 saturated carbocycles. The number of para-hydroxylation sites is 1. The molecule has 4 N–H and O–H groups in total. The van der Waals surface area contributed by atoms with Crippen molar-refractivity contribution in [1.29, 1.82) is 0 Å². The number of guanidine groups is 1. The molecule has 0 radical (unpaired) electrons. The molecule has 5 nitrogen and oxygen atoms in total. The van der Waals surface area contributed by atoms with E-state index < -0.39 is 0 Å². The quantitative estimate of drug-likeness (QED) is 0.318. The Bertz CT molecular complexity index is 379. The maximum Gasteiger partial charge on any atom is 0.210 e. The van der Waals surface area contributed by atoms with Gasteiger partial charge in [-0.15, -0.1) is 0 Å². The third-order valence-corrected chi connectivity index (χ3v) is 2.29. The Balaban J connectivity index is 2.73. The molecule has 0 bridgehead atoms. The minimum absolute atomic E-state index is 0.0440. The molecule has 1 atom stereocenters. The molecule has 94 valence electrons. The van der Waals surface area contributed by atoms with Crippen LogP contribution in [0, 0.1) is 6.92 Å². The number of hydrazine groups is 1. The van der Waals surface area contributed by atoms with E-state index >= 15 is 0 Å². The number of hydrogen-bond acceptors (Lipinski definition) is 3. The molecular weight excluding hydrogens is 216 g/mol. The van der Waals surface area contributed by atoms with Gasteiger partial charge in [0.1, 0.15) is 0 Å². The predicted octanol–water partition coefficient (Wildman–Crippen LogP) is 1.26. The molecule has 1 unspecified atom stereocenters. The number of aliphatic imine (C=N–C) groups is 1. The molecule has 0 fully saturated rings. The number of nitrogens with two attached hydrogens (primary N) is 1. The zero-order chi connectivity index (χ0) is 12.7. The van der Waals surface area contributed by atoms with Crippen LogP contribution >= 0.6 is 0 Å². The summed E-state index contributed by atoms with van der Waals surface area (Å²) in [5, 5.41) is 3.14. The Morgan fingerprint density at radius 3 is 2.76 bits per heavy atom. The highest BCUT2D eigenvalue weighted by Crippen LogP contribution is 2.12. The lowest BCUT2D eigenvalue weighted by molar-refractivity contribution is 0.185. The highest BCUT2D eigenvalue weighted by molar-refractivity contribution is 5.93. The number of aryl methyl sites for hydroxylation is 1. The first-order valence-corrected chi connectivity index (χ1v) is 5.53. The van der Waals surface area contributed by atoms with E-state index in [1.54, 1.807) is 7.11 Å². The second-order valence-corrected chi connectivity index (χ2v) is 3.87. The van der Waals surface area contributed by atoms with Gasteiger partial charge in [-0.3, -0.25) is 5.43 Å². The van der Waals surface area contributed by atoms with Gasteiger partial charge in [0.25, 0.3) is 0 Å². The largest absolute Gasteiger partial charge is 0.382 e. The standard InChI is InChI=1S/C12H20N4O/c1-9-6-4-5-7-11(9)15-12(16-13)14-10(2)8-17-3/h4-7,10H,8,13H2,1-3H3,(H2,14,15,16). The fourth-order valence-electron chi connectivity index (χ4n) is 1.45. The Labute approximate surface area is 102 Å². The molecule has 0 saturated heterocycles. The first-order chi connectivity index (χ1) is 8.17. The second-order valence-electron chi connectivity index (χ2n) is 3.87. The van der Waals surface area contributed by atoms with Gasteiger partial charge in [-0.1, -0.05) is 18.2 Å². The maximum atomic E-state index is 5.43. The number of rotatable bonds is 4. The summed E-state index contributed by atoms with van der Waals surface area (Å²) < 4.78 is 5.02. The van der Waals surface area contributed by atoms with E-state index in [-0.39, 0.29) is 6.04 Å². The van der Waals surface area contributed by atoms with Crippen molar-refractivity contribution in [2.45, 2.75) is 19.9 Å². The number of methoxy groups -OCH3 is 1. The van der Waals surface area contributed by atoms with Gasteiger partial charge in [-0.25, -0.2) is 10.8 Å². The molecule has 0 spiro atoms. The zero-order valence-electron chi connectivity index (χ0n) is 10.5. The molecule has 1 aromatic carbocycles. The number of anilines is 1. The van der Waals surface area contributed by atoms with Crippen molar-refractivity contribution < 1.29 is 4.74 Å². The summed E-state index contributed by atoms with van der Waals surface area (Å²) in [6, 6.07) is 7.99. The third kappa shape index (κ3) is 4.42. The lowest BCUT2D eigenvalue weighted by atomic mass is 10.2. The lowest BCUT2D eigenvalue weighted by Crippen LogP contribution is -2.37. The molecule has 5 heteroatoms. The van der Waals surface area contributed by atoms with E-state index in [1.165, 1.54) is 0 Å². The zero-order valence-corrected chi connectivity index (χ0v) is 10.5. The predicted molar refractivity (Wildman–Crippen MR) is 70.9 cm³/mol. The number of hydrogen-bond donors (Lipinski definition) is 3. The minimum Gasteiger partial charge on any atom is -0.382 e. The van der Waals surface area contributed by atoms with Gasteiger partial charge in [0.2, 0.25) is 5.96 Å². The van der Waals surface area contributed by atoms with E-state index in [1.807, 2.05) is 38.1 Å². The molecule has 0 aliphatic carbocycles. The first kappa shape index (κ1) is 13.5. The summed E-state index contributed by atoms with van der Waals surface area (Å²) in [5.41, 5.74) is 4.66. The highest BCUT2D eigenvalue weighted by atomic mass is 16.5. The topological polar surface area (TPSA) is 71.7 Å². The van der Waals surface area contributed by atoms with Crippen LogP contribution in [0.5, 0.6) is 0 Å². The van der Waals surface area contributed by atoms with Crippen molar-refractivity contribution in [3.05, 3.63) is 29.8 Å². The smallest absolute Gasteiger partial charge is 0.210 e. The SMILES string of the molecule is COCC(C)N=C(NN)Nc1ccccc1C. The van der Waals surface area contributed by atoms with Crippen LogP contribution in [0.4, 0.5) is 5.69 Å². The van der Waals surface area contributed by atoms with Crippen LogP contribution in [0.1, 0.15) is 12.5 Å². The maximum absolute atomic E-state index is 5.43. The summed E-state index contributed by atoms with van der Waals surface area (Å²) in [6.45, 7) is 4.54. The van der Waals surface area contributed by atoms with Gasteiger partial charge in [-0.05, 0) is 25.5 Å². The van der Waals surface area contributed by atoms with E-state index in [2.05, 4.69) is 15.7 Å². The van der Waals surface area contributed by atoms with Gasteiger partial charge in [0.15, 0.2) is 0 Å². The lowest BCUT2D eigenvalue weighted by Gasteiger charge is -2.13. The molecule has 0 aromatic heterocycles. The van der Waals surface area contributed by atoms with Crippen LogP contribution in [-0.4, -0.2) is 25.7 Å². The van der Waals surface area contributed by atoms with E-state index in [0.717, 1.165) is 11.3 Å². The van der Waals surface area contributed by atoms with Crippen molar-refractivity contribution in [2.24, 2.45) is 10.8 Å². The van der Waals surface area contributed by atoms with Gasteiger partial charge in [-0.2, -0.15) is 0 Å². The second kappa shape index (κ2) is 6.88. The molecular formula is C12H20N4O. The van der Waals surface area contributed by atoms with Crippen LogP contribution in [0.3, 0.4) is 0 Å². The molecule has 1 rings (SSSR count). The van der Waals surface area contributed by atoms with Crippen LogP contribution in [0.2, 0.25) is 0 Å². The number of nitrogens with one attached hydrogen (secondary N) is 2. The third-order valence-electron chi connectivity index (χ3n) is 2.29. The summed E-state index contributed by atoms with van der Waals surface area (Å²) in [4.78, 5) is 4.37. The highest BCUT2D eigenvalue weighted by Gasteiger charge is 2.03. The average Bonchev–Trinajstić information content (AvgIpc) is 2.31. The van der Waals surface area contributed by atoms with Crippen LogP contribution in [-0.2, 0) is 4.74 Å². The Hall–Kier alpha value is -1.59. The summed E-state index contributed by atoms with van der Waals surface area (Å²) in [6.07, 6.45) is 0. The minimum atomic E-state index is 0.0440. The summed E-state index contributed by atoms with van der Waals surface area (Å²) in [7, 11) is 1.65. The number of benzene rings is 1. The Morgan fingerprint density at radius 1 is 1.47 bits per heavy atom. The molecule has 0 aliphatic rings. The van der Waals surface area contributed by atoms with Crippen molar-refractivity contribution in [1.82, 2.24) is 5.43 Å². The molecule has 17 heavy (non-hydrogen) atoms. The first-order valence-electron chi connectivity index (χ1n) is 5.53. The Kier molecular flexibility index (Phi) is 5.45. The van der Waals surface area contributed by atoms with Crippen molar-refractivity contribution >= 4 is 11.6 Å². The number of nitrogens with zero attached hydrogens (tertiary/aromatic N) is 1. The van der Waals surface area contributed by atoms with E-state index in [9.17, 15) is 0 Å². The van der Waals surface area contributed by atoms with Gasteiger partial charge < -0.3 is 10.1 Å². The van der Waals surface area contributed by atoms with Crippen LogP contribution < -0.4 is 16.6 Å². The van der Waals surface area contributed by atoms with E-state index in [0.29, 0.717) is 12.6 Å². The van der Waals surface area contributed by atoms with Crippen molar-refractivity contribution in [3.63, 3.8) is 0 Å². The number of ether oxygens (including phenoxy) is 1. The van der Waals surface area contributed by atoms with Crippen molar-refractivity contribution in [2.75, 3.05) is 19.0 Å². The van der Waals surface area contributed by atoms with Crippen LogP contribution in [0.15, 0.2) is 29.3 Å². The fraction of sp³-hybridized carbons (Fsp3) is 0.417. The normalized spacial score (nSPS) is 13.3. The monoisotopic (exact) mass is 236 g/mol. The van der Waals surface area contributed by atoms with Gasteiger partial charge >= 0.3 is 0 Å². The molecule has 1 aromatic rings. The molecule has 0 amide bonds.